The number of carbonyl (C=O) groups is 1. The standard InChI is InChI=1S/C18H18N2OS/c1-2-3-9-19-18(21)15-11-17(13-8-10-22-12-13)20-16-7-5-4-6-14(15)16/h4-8,10-12H,2-3,9H2,1H3,(H,19,21). The number of hydrogen-bond acceptors (Lipinski definition) is 3. The summed E-state index contributed by atoms with van der Waals surface area (Å²) < 4.78 is 0. The van der Waals surface area contributed by atoms with E-state index in [2.05, 4.69) is 22.6 Å². The number of pyridine rings is 1. The SMILES string of the molecule is CCCCNC(=O)c1cc(-c2ccsc2)nc2ccccc12. The summed E-state index contributed by atoms with van der Waals surface area (Å²) in [5.74, 6) is -0.0245. The van der Waals surface area contributed by atoms with Crippen molar-refractivity contribution in [2.75, 3.05) is 6.54 Å². The summed E-state index contributed by atoms with van der Waals surface area (Å²) in [4.78, 5) is 17.2. The van der Waals surface area contributed by atoms with E-state index >= 15 is 0 Å². The molecule has 1 amide bonds. The maximum atomic E-state index is 12.5. The van der Waals surface area contributed by atoms with Gasteiger partial charge in [-0.05, 0) is 30.0 Å². The average molecular weight is 310 g/mol. The zero-order valence-electron chi connectivity index (χ0n) is 12.5. The van der Waals surface area contributed by atoms with Crippen LogP contribution in [0.5, 0.6) is 0 Å². The Morgan fingerprint density at radius 1 is 1.27 bits per heavy atom. The molecule has 0 radical (unpaired) electrons. The van der Waals surface area contributed by atoms with Gasteiger partial charge in [0.25, 0.3) is 5.91 Å². The molecule has 3 nitrogen and oxygen atoms in total. The lowest BCUT2D eigenvalue weighted by molar-refractivity contribution is 0.0955. The van der Waals surface area contributed by atoms with E-state index in [9.17, 15) is 4.79 Å². The highest BCUT2D eigenvalue weighted by molar-refractivity contribution is 7.08. The normalized spacial score (nSPS) is 10.8. The second-order valence-electron chi connectivity index (χ2n) is 5.19. The molecule has 2 aromatic heterocycles. The molecular weight excluding hydrogens is 292 g/mol. The fraction of sp³-hybridized carbons (Fsp3) is 0.222. The zero-order valence-corrected chi connectivity index (χ0v) is 13.3. The number of aromatic nitrogens is 1. The number of nitrogens with one attached hydrogen (secondary N) is 1. The first-order chi connectivity index (χ1) is 10.8. The quantitative estimate of drug-likeness (QED) is 0.705. The van der Waals surface area contributed by atoms with Crippen molar-refractivity contribution in [3.8, 4) is 11.3 Å². The lowest BCUT2D eigenvalue weighted by Crippen LogP contribution is -2.24. The van der Waals surface area contributed by atoms with Crippen molar-refractivity contribution in [2.45, 2.75) is 19.8 Å². The minimum atomic E-state index is -0.0245. The van der Waals surface area contributed by atoms with Crippen LogP contribution in [-0.4, -0.2) is 17.4 Å². The van der Waals surface area contributed by atoms with E-state index in [1.165, 1.54) is 0 Å². The number of para-hydroxylation sites is 1. The van der Waals surface area contributed by atoms with Gasteiger partial charge >= 0.3 is 0 Å². The molecule has 0 bridgehead atoms. The largest absolute Gasteiger partial charge is 0.352 e. The van der Waals surface area contributed by atoms with Crippen molar-refractivity contribution >= 4 is 28.1 Å². The molecule has 3 aromatic rings. The molecule has 0 saturated heterocycles. The van der Waals surface area contributed by atoms with E-state index in [0.717, 1.165) is 35.0 Å². The minimum Gasteiger partial charge on any atom is -0.352 e. The lowest BCUT2D eigenvalue weighted by Gasteiger charge is -2.09. The van der Waals surface area contributed by atoms with Crippen LogP contribution >= 0.6 is 11.3 Å². The molecular formula is C18H18N2OS. The molecule has 0 fully saturated rings. The van der Waals surface area contributed by atoms with Crippen LogP contribution in [-0.2, 0) is 0 Å². The topological polar surface area (TPSA) is 42.0 Å². The van der Waals surface area contributed by atoms with E-state index in [-0.39, 0.29) is 5.91 Å². The van der Waals surface area contributed by atoms with Crippen molar-refractivity contribution < 1.29 is 4.79 Å². The van der Waals surface area contributed by atoms with Crippen molar-refractivity contribution in [3.63, 3.8) is 0 Å². The number of amides is 1. The van der Waals surface area contributed by atoms with Gasteiger partial charge in [-0.3, -0.25) is 4.79 Å². The van der Waals surface area contributed by atoms with E-state index in [0.29, 0.717) is 12.1 Å². The highest BCUT2D eigenvalue weighted by atomic mass is 32.1. The fourth-order valence-electron chi connectivity index (χ4n) is 2.40. The fourth-order valence-corrected chi connectivity index (χ4v) is 3.04. The van der Waals surface area contributed by atoms with Gasteiger partial charge in [-0.15, -0.1) is 0 Å². The van der Waals surface area contributed by atoms with Crippen LogP contribution in [0, 0.1) is 0 Å². The summed E-state index contributed by atoms with van der Waals surface area (Å²) in [6.45, 7) is 2.82. The van der Waals surface area contributed by atoms with Crippen LogP contribution < -0.4 is 5.32 Å². The Labute approximate surface area is 134 Å². The van der Waals surface area contributed by atoms with E-state index in [4.69, 9.17) is 0 Å². The smallest absolute Gasteiger partial charge is 0.252 e. The maximum absolute atomic E-state index is 12.5. The molecule has 0 saturated carbocycles. The predicted octanol–water partition coefficient (Wildman–Crippen LogP) is 4.49. The molecule has 0 spiro atoms. The first-order valence-corrected chi connectivity index (χ1v) is 8.44. The van der Waals surface area contributed by atoms with Crippen LogP contribution in [0.25, 0.3) is 22.2 Å². The number of rotatable bonds is 5. The Bertz CT molecular complexity index is 781. The van der Waals surface area contributed by atoms with E-state index in [1.807, 2.05) is 41.8 Å². The molecule has 112 valence electrons. The summed E-state index contributed by atoms with van der Waals surface area (Å²) in [5, 5.41) is 7.97. The van der Waals surface area contributed by atoms with Gasteiger partial charge in [-0.2, -0.15) is 11.3 Å². The zero-order chi connectivity index (χ0) is 15.4. The van der Waals surface area contributed by atoms with Gasteiger partial charge < -0.3 is 5.32 Å². The highest BCUT2D eigenvalue weighted by Gasteiger charge is 2.13. The number of benzene rings is 1. The van der Waals surface area contributed by atoms with Crippen LogP contribution in [0.3, 0.4) is 0 Å². The minimum absolute atomic E-state index is 0.0245. The number of carbonyl (C=O) groups excluding carboxylic acids is 1. The molecule has 2 heterocycles. The van der Waals surface area contributed by atoms with Gasteiger partial charge in [-0.1, -0.05) is 31.5 Å². The first kappa shape index (κ1) is 14.7. The predicted molar refractivity (Wildman–Crippen MR) is 92.3 cm³/mol. The second kappa shape index (κ2) is 6.71. The van der Waals surface area contributed by atoms with Crippen molar-refractivity contribution in [3.05, 3.63) is 52.7 Å². The summed E-state index contributed by atoms with van der Waals surface area (Å²) in [6, 6.07) is 11.7. The molecule has 0 aliphatic heterocycles. The third-order valence-corrected chi connectivity index (χ3v) is 4.28. The van der Waals surface area contributed by atoms with E-state index < -0.39 is 0 Å². The van der Waals surface area contributed by atoms with Crippen molar-refractivity contribution in [1.29, 1.82) is 0 Å². The Balaban J connectivity index is 2.05. The van der Waals surface area contributed by atoms with Gasteiger partial charge in [-0.25, -0.2) is 4.98 Å². The summed E-state index contributed by atoms with van der Waals surface area (Å²) in [7, 11) is 0. The Hall–Kier alpha value is -2.20. The summed E-state index contributed by atoms with van der Waals surface area (Å²) >= 11 is 1.63. The highest BCUT2D eigenvalue weighted by Crippen LogP contribution is 2.26. The van der Waals surface area contributed by atoms with Gasteiger partial charge in [0, 0.05) is 22.9 Å². The van der Waals surface area contributed by atoms with Crippen LogP contribution in [0.2, 0.25) is 0 Å². The van der Waals surface area contributed by atoms with Gasteiger partial charge in [0.15, 0.2) is 0 Å². The van der Waals surface area contributed by atoms with Gasteiger partial charge in [0.2, 0.25) is 0 Å². The third-order valence-electron chi connectivity index (χ3n) is 3.59. The molecule has 1 N–H and O–H groups in total. The van der Waals surface area contributed by atoms with Gasteiger partial charge in [0.05, 0.1) is 16.8 Å². The van der Waals surface area contributed by atoms with Crippen LogP contribution in [0.15, 0.2) is 47.2 Å². The number of nitrogens with zero attached hydrogens (tertiary/aromatic N) is 1. The Morgan fingerprint density at radius 2 is 2.14 bits per heavy atom. The van der Waals surface area contributed by atoms with Crippen LogP contribution in [0.1, 0.15) is 30.1 Å². The second-order valence-corrected chi connectivity index (χ2v) is 5.97. The Morgan fingerprint density at radius 3 is 2.91 bits per heavy atom. The van der Waals surface area contributed by atoms with Crippen LogP contribution in [0.4, 0.5) is 0 Å². The number of unbranched alkanes of at least 4 members (excludes halogenated alkanes) is 1. The van der Waals surface area contributed by atoms with Crippen molar-refractivity contribution in [1.82, 2.24) is 10.3 Å². The molecule has 4 heteroatoms. The number of hydrogen-bond donors (Lipinski definition) is 1. The third kappa shape index (κ3) is 3.02. The summed E-state index contributed by atoms with van der Waals surface area (Å²) in [5.41, 5.74) is 3.45. The van der Waals surface area contributed by atoms with Gasteiger partial charge in [0.1, 0.15) is 0 Å². The monoisotopic (exact) mass is 310 g/mol. The van der Waals surface area contributed by atoms with E-state index in [1.54, 1.807) is 11.3 Å². The number of thiophene rings is 1. The molecule has 0 aliphatic carbocycles. The molecule has 1 aromatic carbocycles. The maximum Gasteiger partial charge on any atom is 0.252 e. The summed E-state index contributed by atoms with van der Waals surface area (Å²) in [6.07, 6.45) is 2.06. The average Bonchev–Trinajstić information content (AvgIpc) is 3.08. The van der Waals surface area contributed by atoms with Crippen molar-refractivity contribution in [2.24, 2.45) is 0 Å². The Kier molecular flexibility index (Phi) is 4.49. The number of fused-ring (bicyclic) bond motifs is 1. The molecule has 3 rings (SSSR count). The molecule has 0 atom stereocenters. The molecule has 0 aliphatic rings. The molecule has 0 unspecified atom stereocenters. The molecule has 22 heavy (non-hydrogen) atoms. The first-order valence-electron chi connectivity index (χ1n) is 7.50. The lowest BCUT2D eigenvalue weighted by atomic mass is 10.0.